The number of nitrogens with one attached hydrogen (secondary N) is 1. The van der Waals surface area contributed by atoms with Gasteiger partial charge < -0.3 is 5.32 Å². The maximum absolute atomic E-state index is 3.49. The van der Waals surface area contributed by atoms with Gasteiger partial charge in [0, 0.05) is 6.04 Å². The first-order valence-electron chi connectivity index (χ1n) is 5.82. The lowest BCUT2D eigenvalue weighted by atomic mass is 9.98. The summed E-state index contributed by atoms with van der Waals surface area (Å²) in [7, 11) is 2.10. The third-order valence-electron chi connectivity index (χ3n) is 3.77. The predicted molar refractivity (Wildman–Crippen MR) is 67.4 cm³/mol. The van der Waals surface area contributed by atoms with Crippen LogP contribution in [0.3, 0.4) is 0 Å². The first-order chi connectivity index (χ1) is 7.13. The Morgan fingerprint density at radius 3 is 2.80 bits per heavy atom. The summed E-state index contributed by atoms with van der Waals surface area (Å²) in [5.41, 5.74) is 2.08. The molecule has 15 heavy (non-hydrogen) atoms. The summed E-state index contributed by atoms with van der Waals surface area (Å²) >= 11 is 1.80. The normalized spacial score (nSPS) is 25.1. The molecule has 2 unspecified atom stereocenters. The monoisotopic (exact) mass is 223 g/mol. The van der Waals surface area contributed by atoms with Gasteiger partial charge in [-0.05, 0) is 60.0 Å². The van der Waals surface area contributed by atoms with Gasteiger partial charge in [-0.15, -0.1) is 0 Å². The average Bonchev–Trinajstić information content (AvgIpc) is 2.68. The first kappa shape index (κ1) is 11.2. The number of aryl methyl sites for hydroxylation is 1. The summed E-state index contributed by atoms with van der Waals surface area (Å²) in [4.78, 5) is 0. The highest BCUT2D eigenvalue weighted by Gasteiger charge is 2.49. The number of hydrogen-bond acceptors (Lipinski definition) is 2. The molecule has 1 heterocycles. The fourth-order valence-electron chi connectivity index (χ4n) is 2.50. The van der Waals surface area contributed by atoms with Crippen molar-refractivity contribution < 1.29 is 0 Å². The standard InChI is InChI=1S/C13H21NS/c1-13(2)8-11(13)12(14-3)5-4-10-6-7-15-9-10/h6-7,9,11-12,14H,4-5,8H2,1-3H3. The average molecular weight is 223 g/mol. The Morgan fingerprint density at radius 1 is 1.60 bits per heavy atom. The molecule has 0 saturated heterocycles. The topological polar surface area (TPSA) is 12.0 Å². The number of hydrogen-bond donors (Lipinski definition) is 1. The zero-order valence-electron chi connectivity index (χ0n) is 9.92. The van der Waals surface area contributed by atoms with Crippen LogP contribution in [0.5, 0.6) is 0 Å². The quantitative estimate of drug-likeness (QED) is 0.807. The molecule has 1 aromatic heterocycles. The van der Waals surface area contributed by atoms with E-state index in [-0.39, 0.29) is 0 Å². The minimum absolute atomic E-state index is 0.586. The van der Waals surface area contributed by atoms with Crippen LogP contribution in [0.4, 0.5) is 0 Å². The molecule has 84 valence electrons. The molecular weight excluding hydrogens is 202 g/mol. The molecular formula is C13H21NS. The Labute approximate surface area is 96.9 Å². The number of thiophene rings is 1. The summed E-state index contributed by atoms with van der Waals surface area (Å²) in [5.74, 6) is 0.890. The Bertz CT molecular complexity index is 302. The molecule has 0 radical (unpaired) electrons. The van der Waals surface area contributed by atoms with Crippen LogP contribution in [0.2, 0.25) is 0 Å². The van der Waals surface area contributed by atoms with Crippen LogP contribution >= 0.6 is 11.3 Å². The molecule has 2 atom stereocenters. The predicted octanol–water partition coefficient (Wildman–Crippen LogP) is 3.31. The molecule has 1 aromatic rings. The van der Waals surface area contributed by atoms with Gasteiger partial charge in [0.15, 0.2) is 0 Å². The van der Waals surface area contributed by atoms with E-state index in [0.717, 1.165) is 5.92 Å². The zero-order valence-corrected chi connectivity index (χ0v) is 10.7. The molecule has 1 aliphatic carbocycles. The Morgan fingerprint density at radius 2 is 2.33 bits per heavy atom. The van der Waals surface area contributed by atoms with Crippen LogP contribution in [0.25, 0.3) is 0 Å². The minimum atomic E-state index is 0.586. The van der Waals surface area contributed by atoms with Crippen LogP contribution in [0.1, 0.15) is 32.3 Å². The fraction of sp³-hybridized carbons (Fsp3) is 0.692. The van der Waals surface area contributed by atoms with Gasteiger partial charge in [0.2, 0.25) is 0 Å². The van der Waals surface area contributed by atoms with Crippen LogP contribution in [0.15, 0.2) is 16.8 Å². The van der Waals surface area contributed by atoms with E-state index in [4.69, 9.17) is 0 Å². The van der Waals surface area contributed by atoms with Crippen molar-refractivity contribution in [2.75, 3.05) is 7.05 Å². The Balaban J connectivity index is 1.82. The van der Waals surface area contributed by atoms with Crippen LogP contribution < -0.4 is 5.32 Å². The van der Waals surface area contributed by atoms with Gasteiger partial charge >= 0.3 is 0 Å². The van der Waals surface area contributed by atoms with Crippen molar-refractivity contribution in [3.63, 3.8) is 0 Å². The highest BCUT2D eigenvalue weighted by Crippen LogP contribution is 2.54. The van der Waals surface area contributed by atoms with Crippen molar-refractivity contribution in [2.45, 2.75) is 39.2 Å². The van der Waals surface area contributed by atoms with Crippen LogP contribution in [-0.4, -0.2) is 13.1 Å². The SMILES string of the molecule is CNC(CCc1ccsc1)C1CC1(C)C. The summed E-state index contributed by atoms with van der Waals surface area (Å²) in [5, 5.41) is 7.93. The lowest BCUT2D eigenvalue weighted by Gasteiger charge is -2.17. The Hall–Kier alpha value is -0.340. The zero-order chi connectivity index (χ0) is 10.9. The molecule has 2 heteroatoms. The third kappa shape index (κ3) is 2.61. The smallest absolute Gasteiger partial charge is 0.0101 e. The van der Waals surface area contributed by atoms with E-state index < -0.39 is 0 Å². The van der Waals surface area contributed by atoms with Gasteiger partial charge in [-0.2, -0.15) is 11.3 Å². The highest BCUT2D eigenvalue weighted by atomic mass is 32.1. The molecule has 1 aliphatic rings. The molecule has 0 aliphatic heterocycles. The van der Waals surface area contributed by atoms with Crippen LogP contribution in [-0.2, 0) is 6.42 Å². The maximum Gasteiger partial charge on any atom is 0.0101 e. The van der Waals surface area contributed by atoms with Crippen molar-refractivity contribution in [3.8, 4) is 0 Å². The third-order valence-corrected chi connectivity index (χ3v) is 4.50. The van der Waals surface area contributed by atoms with Crippen molar-refractivity contribution in [1.29, 1.82) is 0 Å². The van der Waals surface area contributed by atoms with Crippen molar-refractivity contribution in [2.24, 2.45) is 11.3 Å². The summed E-state index contributed by atoms with van der Waals surface area (Å²) in [6.07, 6.45) is 3.89. The van der Waals surface area contributed by atoms with E-state index in [9.17, 15) is 0 Å². The lowest BCUT2D eigenvalue weighted by Crippen LogP contribution is -2.29. The first-order valence-corrected chi connectivity index (χ1v) is 6.76. The number of rotatable bonds is 5. The van der Waals surface area contributed by atoms with Gasteiger partial charge in [0.05, 0.1) is 0 Å². The second kappa shape index (κ2) is 4.26. The van der Waals surface area contributed by atoms with E-state index >= 15 is 0 Å². The minimum Gasteiger partial charge on any atom is -0.317 e. The van der Waals surface area contributed by atoms with Crippen LogP contribution in [0, 0.1) is 11.3 Å². The molecule has 0 bridgehead atoms. The molecule has 1 saturated carbocycles. The molecule has 1 nitrogen and oxygen atoms in total. The lowest BCUT2D eigenvalue weighted by molar-refractivity contribution is 0.407. The molecule has 1 N–H and O–H groups in total. The van der Waals surface area contributed by atoms with E-state index in [1.807, 2.05) is 0 Å². The van der Waals surface area contributed by atoms with Crippen molar-refractivity contribution >= 4 is 11.3 Å². The second-order valence-electron chi connectivity index (χ2n) is 5.36. The Kier molecular flexibility index (Phi) is 3.17. The van der Waals surface area contributed by atoms with E-state index in [0.29, 0.717) is 11.5 Å². The van der Waals surface area contributed by atoms with E-state index in [2.05, 4.69) is 43.0 Å². The highest BCUT2D eigenvalue weighted by molar-refractivity contribution is 7.07. The molecule has 0 aromatic carbocycles. The van der Waals surface area contributed by atoms with Gasteiger partial charge in [0.1, 0.15) is 0 Å². The van der Waals surface area contributed by atoms with E-state index in [1.54, 1.807) is 11.3 Å². The fourth-order valence-corrected chi connectivity index (χ4v) is 3.20. The summed E-state index contributed by atoms with van der Waals surface area (Å²) in [6, 6.07) is 2.95. The summed E-state index contributed by atoms with van der Waals surface area (Å²) in [6.45, 7) is 4.76. The van der Waals surface area contributed by atoms with Gasteiger partial charge in [-0.3, -0.25) is 0 Å². The van der Waals surface area contributed by atoms with Crippen molar-refractivity contribution in [1.82, 2.24) is 5.32 Å². The van der Waals surface area contributed by atoms with Crippen molar-refractivity contribution in [3.05, 3.63) is 22.4 Å². The van der Waals surface area contributed by atoms with Gasteiger partial charge in [-0.25, -0.2) is 0 Å². The molecule has 0 amide bonds. The molecule has 1 fully saturated rings. The molecule has 0 spiro atoms. The van der Waals surface area contributed by atoms with Gasteiger partial charge in [-0.1, -0.05) is 13.8 Å². The van der Waals surface area contributed by atoms with E-state index in [1.165, 1.54) is 24.8 Å². The second-order valence-corrected chi connectivity index (χ2v) is 6.14. The maximum atomic E-state index is 3.49. The van der Waals surface area contributed by atoms with Gasteiger partial charge in [0.25, 0.3) is 0 Å². The summed E-state index contributed by atoms with van der Waals surface area (Å²) < 4.78 is 0. The molecule has 2 rings (SSSR count). The largest absolute Gasteiger partial charge is 0.317 e.